The number of carbonyl (C=O) groups excluding carboxylic acids is 1. The number of hydrogen-bond donors (Lipinski definition) is 0. The van der Waals surface area contributed by atoms with Crippen molar-refractivity contribution in [2.45, 2.75) is 20.8 Å². The van der Waals surface area contributed by atoms with Gasteiger partial charge < -0.3 is 4.74 Å². The average molecular weight is 142 g/mol. The zero-order valence-corrected chi connectivity index (χ0v) is 6.76. The van der Waals surface area contributed by atoms with Gasteiger partial charge in [-0.15, -0.1) is 0 Å². The first-order valence-corrected chi connectivity index (χ1v) is 3.85. The summed E-state index contributed by atoms with van der Waals surface area (Å²) >= 11 is 0. The number of carbonyl (C=O) groups is 1. The second-order valence-corrected chi connectivity index (χ2v) is 3.00. The Morgan fingerprint density at radius 1 is 1.40 bits per heavy atom. The molecule has 0 aromatic carbocycles. The Labute approximate surface area is 61.6 Å². The van der Waals surface area contributed by atoms with Crippen molar-refractivity contribution < 1.29 is 9.53 Å². The fourth-order valence-electron chi connectivity index (χ4n) is 1.33. The smallest absolute Gasteiger partial charge is 0.309 e. The molecule has 2 heteroatoms. The summed E-state index contributed by atoms with van der Waals surface area (Å²) in [5.41, 5.74) is 0. The molecule has 1 aliphatic rings. The van der Waals surface area contributed by atoms with Crippen molar-refractivity contribution in [1.82, 2.24) is 0 Å². The monoisotopic (exact) mass is 142 g/mol. The van der Waals surface area contributed by atoms with Crippen molar-refractivity contribution in [2.24, 2.45) is 17.8 Å². The van der Waals surface area contributed by atoms with Crippen LogP contribution in [0.2, 0.25) is 0 Å². The lowest BCUT2D eigenvalue weighted by Gasteiger charge is -1.97. The van der Waals surface area contributed by atoms with E-state index in [1.54, 1.807) is 0 Å². The molecule has 1 saturated carbocycles. The van der Waals surface area contributed by atoms with E-state index in [-0.39, 0.29) is 11.9 Å². The highest BCUT2D eigenvalue weighted by Gasteiger charge is 2.49. The van der Waals surface area contributed by atoms with Crippen molar-refractivity contribution >= 4 is 5.97 Å². The zero-order chi connectivity index (χ0) is 7.72. The third-order valence-corrected chi connectivity index (χ3v) is 2.38. The van der Waals surface area contributed by atoms with Crippen molar-refractivity contribution in [3.05, 3.63) is 0 Å². The Balaban J connectivity index is 2.31. The van der Waals surface area contributed by atoms with E-state index in [0.29, 0.717) is 18.4 Å². The minimum atomic E-state index is -0.0116. The van der Waals surface area contributed by atoms with Crippen LogP contribution in [0.5, 0.6) is 0 Å². The molecule has 58 valence electrons. The van der Waals surface area contributed by atoms with Crippen molar-refractivity contribution in [1.29, 1.82) is 0 Å². The molecule has 2 unspecified atom stereocenters. The van der Waals surface area contributed by atoms with Gasteiger partial charge in [0.05, 0.1) is 12.5 Å². The molecule has 0 spiro atoms. The predicted molar refractivity (Wildman–Crippen MR) is 38.5 cm³/mol. The molecular formula is C8H14O2. The molecule has 0 aromatic rings. The Morgan fingerprint density at radius 3 is 2.20 bits per heavy atom. The summed E-state index contributed by atoms with van der Waals surface area (Å²) in [5, 5.41) is 0. The summed E-state index contributed by atoms with van der Waals surface area (Å²) in [6.07, 6.45) is 0. The molecule has 1 fully saturated rings. The van der Waals surface area contributed by atoms with Gasteiger partial charge in [-0.3, -0.25) is 4.79 Å². The highest BCUT2D eigenvalue weighted by atomic mass is 16.5. The van der Waals surface area contributed by atoms with E-state index in [2.05, 4.69) is 13.8 Å². The van der Waals surface area contributed by atoms with E-state index in [1.165, 1.54) is 0 Å². The van der Waals surface area contributed by atoms with Gasteiger partial charge in [0.2, 0.25) is 0 Å². The van der Waals surface area contributed by atoms with Gasteiger partial charge in [0.25, 0.3) is 0 Å². The molecule has 0 aliphatic heterocycles. The largest absolute Gasteiger partial charge is 0.466 e. The number of esters is 1. The van der Waals surface area contributed by atoms with Crippen molar-refractivity contribution in [2.75, 3.05) is 6.61 Å². The molecule has 0 bridgehead atoms. The van der Waals surface area contributed by atoms with Crippen LogP contribution in [-0.2, 0) is 9.53 Å². The van der Waals surface area contributed by atoms with Crippen LogP contribution in [0.4, 0.5) is 0 Å². The maximum atomic E-state index is 11.0. The van der Waals surface area contributed by atoms with Gasteiger partial charge in [0, 0.05) is 0 Å². The minimum Gasteiger partial charge on any atom is -0.466 e. The first-order chi connectivity index (χ1) is 4.68. The Hall–Kier alpha value is -0.530. The molecule has 0 N–H and O–H groups in total. The summed E-state index contributed by atoms with van der Waals surface area (Å²) in [4.78, 5) is 11.0. The van der Waals surface area contributed by atoms with Crippen LogP contribution >= 0.6 is 0 Å². The number of hydrogen-bond acceptors (Lipinski definition) is 2. The summed E-state index contributed by atoms with van der Waals surface area (Å²) in [7, 11) is 0. The maximum Gasteiger partial charge on any atom is 0.309 e. The molecule has 1 aliphatic carbocycles. The number of ether oxygens (including phenoxy) is 1. The topological polar surface area (TPSA) is 26.3 Å². The van der Waals surface area contributed by atoms with Crippen LogP contribution in [0.3, 0.4) is 0 Å². The molecule has 2 atom stereocenters. The molecule has 0 heterocycles. The van der Waals surface area contributed by atoms with Crippen LogP contribution in [0.15, 0.2) is 0 Å². The maximum absolute atomic E-state index is 11.0. The predicted octanol–water partition coefficient (Wildman–Crippen LogP) is 1.45. The Kier molecular flexibility index (Phi) is 1.97. The summed E-state index contributed by atoms with van der Waals surface area (Å²) < 4.78 is 4.87. The van der Waals surface area contributed by atoms with Crippen LogP contribution < -0.4 is 0 Å². The van der Waals surface area contributed by atoms with Gasteiger partial charge in [-0.1, -0.05) is 13.8 Å². The molecule has 0 saturated heterocycles. The van der Waals surface area contributed by atoms with E-state index < -0.39 is 0 Å². The third-order valence-electron chi connectivity index (χ3n) is 2.38. The van der Waals surface area contributed by atoms with Crippen LogP contribution in [0.1, 0.15) is 20.8 Å². The molecule has 0 amide bonds. The van der Waals surface area contributed by atoms with Crippen molar-refractivity contribution in [3.63, 3.8) is 0 Å². The normalized spacial score (nSPS) is 37.3. The lowest BCUT2D eigenvalue weighted by atomic mass is 10.3. The summed E-state index contributed by atoms with van der Waals surface area (Å²) in [6.45, 7) is 6.53. The molecule has 0 aromatic heterocycles. The number of rotatable bonds is 2. The van der Waals surface area contributed by atoms with Gasteiger partial charge >= 0.3 is 5.97 Å². The van der Waals surface area contributed by atoms with Gasteiger partial charge in [-0.05, 0) is 18.8 Å². The lowest BCUT2D eigenvalue weighted by Crippen LogP contribution is -2.07. The second-order valence-electron chi connectivity index (χ2n) is 3.00. The highest BCUT2D eigenvalue weighted by Crippen LogP contribution is 2.45. The highest BCUT2D eigenvalue weighted by molar-refractivity contribution is 5.76. The minimum absolute atomic E-state index is 0.0116. The molecule has 2 nitrogen and oxygen atoms in total. The van der Waals surface area contributed by atoms with Crippen molar-refractivity contribution in [3.8, 4) is 0 Å². The molecule has 0 radical (unpaired) electrons. The van der Waals surface area contributed by atoms with Crippen LogP contribution in [-0.4, -0.2) is 12.6 Å². The molecule has 1 rings (SSSR count). The van der Waals surface area contributed by atoms with E-state index in [9.17, 15) is 4.79 Å². The average Bonchev–Trinajstić information content (AvgIpc) is 2.42. The standard InChI is InChI=1S/C8H14O2/c1-4-10-8(9)7-5(2)6(7)3/h5-7H,4H2,1-3H3. The third kappa shape index (κ3) is 1.15. The Morgan fingerprint density at radius 2 is 1.90 bits per heavy atom. The lowest BCUT2D eigenvalue weighted by molar-refractivity contribution is -0.145. The van der Waals surface area contributed by atoms with E-state index in [0.717, 1.165) is 0 Å². The molecule has 10 heavy (non-hydrogen) atoms. The van der Waals surface area contributed by atoms with Gasteiger partial charge in [0.15, 0.2) is 0 Å². The van der Waals surface area contributed by atoms with Gasteiger partial charge in [-0.25, -0.2) is 0 Å². The first-order valence-electron chi connectivity index (χ1n) is 3.85. The summed E-state index contributed by atoms with van der Waals surface area (Å²) in [5.74, 6) is 1.26. The first kappa shape index (κ1) is 7.58. The fourth-order valence-corrected chi connectivity index (χ4v) is 1.33. The van der Waals surface area contributed by atoms with E-state index >= 15 is 0 Å². The van der Waals surface area contributed by atoms with E-state index in [4.69, 9.17) is 4.74 Å². The SMILES string of the molecule is CCOC(=O)C1C(C)C1C. The van der Waals surface area contributed by atoms with Crippen LogP contribution in [0.25, 0.3) is 0 Å². The fraction of sp³-hybridized carbons (Fsp3) is 0.875. The summed E-state index contributed by atoms with van der Waals surface area (Å²) in [6, 6.07) is 0. The molecular weight excluding hydrogens is 128 g/mol. The Bertz CT molecular complexity index is 134. The quantitative estimate of drug-likeness (QED) is 0.545. The van der Waals surface area contributed by atoms with Gasteiger partial charge in [0.1, 0.15) is 0 Å². The van der Waals surface area contributed by atoms with E-state index in [1.807, 2.05) is 6.92 Å². The van der Waals surface area contributed by atoms with Crippen LogP contribution in [0, 0.1) is 17.8 Å². The second kappa shape index (κ2) is 2.60. The zero-order valence-electron chi connectivity index (χ0n) is 6.76. The van der Waals surface area contributed by atoms with Gasteiger partial charge in [-0.2, -0.15) is 0 Å².